The van der Waals surface area contributed by atoms with Gasteiger partial charge in [0, 0.05) is 24.0 Å². The van der Waals surface area contributed by atoms with Gasteiger partial charge in [-0.15, -0.1) is 11.3 Å². The fourth-order valence-corrected chi connectivity index (χ4v) is 2.63. The van der Waals surface area contributed by atoms with Crippen molar-refractivity contribution in [2.24, 2.45) is 0 Å². The van der Waals surface area contributed by atoms with E-state index >= 15 is 0 Å². The van der Waals surface area contributed by atoms with Crippen molar-refractivity contribution >= 4 is 17.0 Å². The van der Waals surface area contributed by atoms with E-state index in [4.69, 9.17) is 0 Å². The number of aromatic nitrogens is 3. The minimum atomic E-state index is 0.689. The number of anilines is 1. The van der Waals surface area contributed by atoms with Crippen LogP contribution in [0.5, 0.6) is 0 Å². The summed E-state index contributed by atoms with van der Waals surface area (Å²) < 4.78 is 0. The first-order valence-electron chi connectivity index (χ1n) is 6.32. The molecule has 1 N–H and O–H groups in total. The molecule has 0 fully saturated rings. The summed E-state index contributed by atoms with van der Waals surface area (Å²) in [4.78, 5) is 13.1. The van der Waals surface area contributed by atoms with E-state index in [1.807, 2.05) is 37.5 Å². The van der Waals surface area contributed by atoms with E-state index in [9.17, 15) is 0 Å². The van der Waals surface area contributed by atoms with Gasteiger partial charge in [-0.3, -0.25) is 9.97 Å². The fourth-order valence-electron chi connectivity index (χ4n) is 1.84. The van der Waals surface area contributed by atoms with E-state index in [-0.39, 0.29) is 0 Å². The molecule has 0 aromatic carbocycles. The van der Waals surface area contributed by atoms with Gasteiger partial charge in [-0.2, -0.15) is 0 Å². The molecule has 0 aliphatic heterocycles. The topological polar surface area (TPSA) is 50.7 Å². The summed E-state index contributed by atoms with van der Waals surface area (Å²) in [5.74, 6) is 0. The van der Waals surface area contributed by atoms with Gasteiger partial charge < -0.3 is 5.32 Å². The van der Waals surface area contributed by atoms with Crippen molar-refractivity contribution in [3.8, 4) is 10.7 Å². The average Bonchev–Trinajstić information content (AvgIpc) is 2.95. The molecular weight excluding hydrogens is 268 g/mol. The van der Waals surface area contributed by atoms with Crippen molar-refractivity contribution in [1.82, 2.24) is 15.0 Å². The molecule has 0 spiro atoms. The summed E-state index contributed by atoms with van der Waals surface area (Å²) in [5, 5.41) is 6.33. The molecule has 3 heterocycles. The van der Waals surface area contributed by atoms with Gasteiger partial charge in [0.25, 0.3) is 0 Å². The molecule has 20 heavy (non-hydrogen) atoms. The standard InChI is InChI=1S/C15H14N4S/c1-11-6-12(8-16-7-11)18-9-13-10-20-15(19-13)14-4-2-3-5-17-14/h2-8,10,18H,9H2,1H3. The van der Waals surface area contributed by atoms with Gasteiger partial charge in [-0.1, -0.05) is 6.07 Å². The maximum atomic E-state index is 4.59. The molecule has 0 aliphatic carbocycles. The van der Waals surface area contributed by atoms with Gasteiger partial charge in [0.15, 0.2) is 0 Å². The van der Waals surface area contributed by atoms with Crippen LogP contribution >= 0.6 is 11.3 Å². The Kier molecular flexibility index (Phi) is 3.69. The van der Waals surface area contributed by atoms with Crippen LogP contribution in [0.2, 0.25) is 0 Å². The molecule has 0 amide bonds. The number of aryl methyl sites for hydroxylation is 1. The van der Waals surface area contributed by atoms with E-state index in [0.29, 0.717) is 6.54 Å². The number of thiazole rings is 1. The van der Waals surface area contributed by atoms with Crippen LogP contribution in [0.4, 0.5) is 5.69 Å². The van der Waals surface area contributed by atoms with E-state index in [1.165, 1.54) is 0 Å². The number of nitrogens with zero attached hydrogens (tertiary/aromatic N) is 3. The summed E-state index contributed by atoms with van der Waals surface area (Å²) in [7, 11) is 0. The van der Waals surface area contributed by atoms with Crippen molar-refractivity contribution in [1.29, 1.82) is 0 Å². The second kappa shape index (κ2) is 5.79. The van der Waals surface area contributed by atoms with Crippen LogP contribution in [0.3, 0.4) is 0 Å². The highest BCUT2D eigenvalue weighted by atomic mass is 32.1. The molecule has 3 rings (SSSR count). The monoisotopic (exact) mass is 282 g/mol. The second-order valence-corrected chi connectivity index (χ2v) is 5.32. The molecule has 3 aromatic rings. The Bertz CT molecular complexity index is 694. The highest BCUT2D eigenvalue weighted by Crippen LogP contribution is 2.21. The van der Waals surface area contributed by atoms with Gasteiger partial charge in [0.05, 0.1) is 23.6 Å². The summed E-state index contributed by atoms with van der Waals surface area (Å²) in [6.45, 7) is 2.72. The highest BCUT2D eigenvalue weighted by Gasteiger charge is 2.05. The average molecular weight is 282 g/mol. The predicted molar refractivity (Wildman–Crippen MR) is 81.6 cm³/mol. The second-order valence-electron chi connectivity index (χ2n) is 4.46. The van der Waals surface area contributed by atoms with Crippen molar-refractivity contribution in [2.45, 2.75) is 13.5 Å². The number of hydrogen-bond donors (Lipinski definition) is 1. The summed E-state index contributed by atoms with van der Waals surface area (Å²) >= 11 is 1.61. The number of hydrogen-bond acceptors (Lipinski definition) is 5. The van der Waals surface area contributed by atoms with E-state index < -0.39 is 0 Å². The predicted octanol–water partition coefficient (Wildman–Crippen LogP) is 3.52. The summed E-state index contributed by atoms with van der Waals surface area (Å²) in [6, 6.07) is 7.92. The minimum absolute atomic E-state index is 0.689. The molecule has 4 nitrogen and oxygen atoms in total. The van der Waals surface area contributed by atoms with Crippen molar-refractivity contribution in [3.05, 3.63) is 59.5 Å². The Balaban J connectivity index is 1.69. The molecule has 100 valence electrons. The SMILES string of the molecule is Cc1cncc(NCc2csc(-c3ccccn3)n2)c1. The van der Waals surface area contributed by atoms with Crippen molar-refractivity contribution < 1.29 is 0 Å². The van der Waals surface area contributed by atoms with Crippen LogP contribution in [-0.4, -0.2) is 15.0 Å². The lowest BCUT2D eigenvalue weighted by Crippen LogP contribution is -2.00. The van der Waals surface area contributed by atoms with Crippen LogP contribution < -0.4 is 5.32 Å². The molecule has 0 aliphatic rings. The molecular formula is C15H14N4S. The zero-order valence-corrected chi connectivity index (χ0v) is 11.9. The quantitative estimate of drug-likeness (QED) is 0.795. The first-order chi connectivity index (χ1) is 9.81. The number of nitrogens with one attached hydrogen (secondary N) is 1. The van der Waals surface area contributed by atoms with Gasteiger partial charge >= 0.3 is 0 Å². The summed E-state index contributed by atoms with van der Waals surface area (Å²) in [5.41, 5.74) is 4.08. The Morgan fingerprint density at radius 2 is 2.20 bits per heavy atom. The van der Waals surface area contributed by atoms with E-state index in [1.54, 1.807) is 17.5 Å². The van der Waals surface area contributed by atoms with E-state index in [0.717, 1.165) is 27.6 Å². The largest absolute Gasteiger partial charge is 0.378 e. The molecule has 0 saturated carbocycles. The highest BCUT2D eigenvalue weighted by molar-refractivity contribution is 7.13. The summed E-state index contributed by atoms with van der Waals surface area (Å²) in [6.07, 6.45) is 5.44. The lowest BCUT2D eigenvalue weighted by atomic mass is 10.3. The zero-order valence-electron chi connectivity index (χ0n) is 11.1. The molecule has 0 saturated heterocycles. The van der Waals surface area contributed by atoms with Gasteiger partial charge in [0.1, 0.15) is 5.01 Å². The molecule has 0 radical (unpaired) electrons. The van der Waals surface area contributed by atoms with E-state index in [2.05, 4.69) is 31.7 Å². The number of pyridine rings is 2. The first-order valence-corrected chi connectivity index (χ1v) is 7.20. The normalized spacial score (nSPS) is 10.4. The molecule has 0 unspecified atom stereocenters. The smallest absolute Gasteiger partial charge is 0.142 e. The van der Waals surface area contributed by atoms with Gasteiger partial charge in [0.2, 0.25) is 0 Å². The van der Waals surface area contributed by atoms with Crippen molar-refractivity contribution in [3.63, 3.8) is 0 Å². The Labute approximate surface area is 121 Å². The maximum absolute atomic E-state index is 4.59. The first kappa shape index (κ1) is 12.7. The Morgan fingerprint density at radius 1 is 1.25 bits per heavy atom. The molecule has 0 bridgehead atoms. The Hall–Kier alpha value is -2.27. The zero-order chi connectivity index (χ0) is 13.8. The number of rotatable bonds is 4. The van der Waals surface area contributed by atoms with Crippen LogP contribution in [0, 0.1) is 6.92 Å². The van der Waals surface area contributed by atoms with Gasteiger partial charge in [-0.25, -0.2) is 4.98 Å². The molecule has 5 heteroatoms. The lowest BCUT2D eigenvalue weighted by molar-refractivity contribution is 1.06. The minimum Gasteiger partial charge on any atom is -0.378 e. The van der Waals surface area contributed by atoms with Crippen LogP contribution in [0.25, 0.3) is 10.7 Å². The fraction of sp³-hybridized carbons (Fsp3) is 0.133. The molecule has 0 atom stereocenters. The molecule has 3 aromatic heterocycles. The van der Waals surface area contributed by atoms with Crippen molar-refractivity contribution in [2.75, 3.05) is 5.32 Å². The third kappa shape index (κ3) is 3.00. The van der Waals surface area contributed by atoms with Crippen LogP contribution in [-0.2, 0) is 6.54 Å². The van der Waals surface area contributed by atoms with Gasteiger partial charge in [-0.05, 0) is 30.7 Å². The Morgan fingerprint density at radius 3 is 3.00 bits per heavy atom. The van der Waals surface area contributed by atoms with Crippen LogP contribution in [0.15, 0.2) is 48.2 Å². The third-order valence-electron chi connectivity index (χ3n) is 2.78. The lowest BCUT2D eigenvalue weighted by Gasteiger charge is -2.04. The maximum Gasteiger partial charge on any atom is 0.142 e. The van der Waals surface area contributed by atoms with Crippen LogP contribution in [0.1, 0.15) is 11.3 Å². The third-order valence-corrected chi connectivity index (χ3v) is 3.70.